The van der Waals surface area contributed by atoms with E-state index in [0.717, 1.165) is 6.42 Å². The second-order valence-corrected chi connectivity index (χ2v) is 5.11. The second kappa shape index (κ2) is 8.94. The number of alkyl halides is 3. The minimum atomic E-state index is -5.08. The number of rotatable bonds is 4. The Labute approximate surface area is 145 Å². The van der Waals surface area contributed by atoms with Crippen LogP contribution in [-0.2, 0) is 4.79 Å². The number of carbonyl (C=O) groups is 2. The zero-order valence-electron chi connectivity index (χ0n) is 13.6. The summed E-state index contributed by atoms with van der Waals surface area (Å²) in [6, 6.07) is 6.77. The van der Waals surface area contributed by atoms with Crippen molar-refractivity contribution in [1.82, 2.24) is 15.3 Å². The molecule has 0 saturated heterocycles. The van der Waals surface area contributed by atoms with Crippen molar-refractivity contribution < 1.29 is 27.9 Å². The Morgan fingerprint density at radius 3 is 2.46 bits per heavy atom. The Balaban J connectivity index is 0.000000412. The summed E-state index contributed by atoms with van der Waals surface area (Å²) in [6.07, 6.45) is -4.32. The molecule has 11 heteroatoms. The first-order valence-electron chi connectivity index (χ1n) is 7.39. The number of fused-ring (bicyclic) bond motifs is 1. The van der Waals surface area contributed by atoms with E-state index in [1.54, 1.807) is 24.3 Å². The predicted molar refractivity (Wildman–Crippen MR) is 86.7 cm³/mol. The lowest BCUT2D eigenvalue weighted by atomic mass is 10.2. The topological polar surface area (TPSA) is 138 Å². The van der Waals surface area contributed by atoms with Crippen LogP contribution in [0.15, 0.2) is 29.1 Å². The van der Waals surface area contributed by atoms with Gasteiger partial charge in [0.05, 0.1) is 10.9 Å². The fourth-order valence-corrected chi connectivity index (χ4v) is 1.65. The largest absolute Gasteiger partial charge is 0.490 e. The number of aromatic nitrogens is 2. The van der Waals surface area contributed by atoms with Crippen molar-refractivity contribution in [2.75, 3.05) is 6.54 Å². The number of benzene rings is 1. The lowest BCUT2D eigenvalue weighted by Gasteiger charge is -2.09. The summed E-state index contributed by atoms with van der Waals surface area (Å²) in [5.41, 5.74) is 5.89. The number of carboxylic acids is 1. The monoisotopic (exact) mass is 374 g/mol. The summed E-state index contributed by atoms with van der Waals surface area (Å²) in [4.78, 5) is 39.2. The average Bonchev–Trinajstić information content (AvgIpc) is 2.59. The second-order valence-electron chi connectivity index (χ2n) is 5.11. The molecule has 2 rings (SSSR count). The molecule has 5 N–H and O–H groups in total. The van der Waals surface area contributed by atoms with Crippen LogP contribution >= 0.6 is 0 Å². The van der Waals surface area contributed by atoms with Crippen molar-refractivity contribution in [1.29, 1.82) is 0 Å². The number of aliphatic carboxylic acids is 1. The van der Waals surface area contributed by atoms with Crippen LogP contribution in [0.3, 0.4) is 0 Å². The first kappa shape index (κ1) is 21.1. The Morgan fingerprint density at radius 2 is 1.92 bits per heavy atom. The number of para-hydroxylation sites is 1. The first-order chi connectivity index (χ1) is 12.1. The maximum absolute atomic E-state index is 11.9. The maximum Gasteiger partial charge on any atom is 0.490 e. The van der Waals surface area contributed by atoms with Gasteiger partial charge in [-0.05, 0) is 18.6 Å². The molecule has 0 aliphatic rings. The summed E-state index contributed by atoms with van der Waals surface area (Å²) in [5.74, 6) is -3.17. The molecule has 2 aromatic rings. The van der Waals surface area contributed by atoms with Gasteiger partial charge in [-0.25, -0.2) is 9.78 Å². The van der Waals surface area contributed by atoms with Gasteiger partial charge in [-0.3, -0.25) is 9.59 Å². The standard InChI is InChI=1S/C13H16N4O2.C2HF3O2/c1-2-8(14)7-15-13(19)11-16-10-6-4-3-5-9(10)12(18)17-11;3-2(4,5)1(6)7/h3-6,8H,2,7,14H2,1H3,(H,15,19)(H,16,17,18);(H,6,7)/t8-;/m1./s1. The molecule has 0 bridgehead atoms. The van der Waals surface area contributed by atoms with Crippen LogP contribution in [0.5, 0.6) is 0 Å². The van der Waals surface area contributed by atoms with E-state index >= 15 is 0 Å². The molecule has 0 aliphatic carbocycles. The van der Waals surface area contributed by atoms with Gasteiger partial charge in [0.1, 0.15) is 0 Å². The maximum atomic E-state index is 11.9. The molecule has 26 heavy (non-hydrogen) atoms. The van der Waals surface area contributed by atoms with E-state index in [1.165, 1.54) is 0 Å². The van der Waals surface area contributed by atoms with E-state index in [1.807, 2.05) is 6.92 Å². The van der Waals surface area contributed by atoms with E-state index in [9.17, 15) is 22.8 Å². The molecule has 0 radical (unpaired) electrons. The molecule has 1 atom stereocenters. The molecule has 1 heterocycles. The van der Waals surface area contributed by atoms with E-state index in [-0.39, 0.29) is 17.4 Å². The van der Waals surface area contributed by atoms with E-state index in [4.69, 9.17) is 15.6 Å². The van der Waals surface area contributed by atoms with Crippen molar-refractivity contribution in [2.24, 2.45) is 5.73 Å². The number of aromatic amines is 1. The van der Waals surface area contributed by atoms with Crippen molar-refractivity contribution in [3.8, 4) is 0 Å². The van der Waals surface area contributed by atoms with Gasteiger partial charge in [-0.15, -0.1) is 0 Å². The van der Waals surface area contributed by atoms with Gasteiger partial charge in [0, 0.05) is 12.6 Å². The van der Waals surface area contributed by atoms with Crippen LogP contribution in [0.25, 0.3) is 10.9 Å². The number of carbonyl (C=O) groups excluding carboxylic acids is 1. The number of halogens is 3. The van der Waals surface area contributed by atoms with E-state index < -0.39 is 18.1 Å². The van der Waals surface area contributed by atoms with Crippen LogP contribution in [0.2, 0.25) is 0 Å². The molecular weight excluding hydrogens is 357 g/mol. The predicted octanol–water partition coefficient (Wildman–Crippen LogP) is 1.02. The smallest absolute Gasteiger partial charge is 0.475 e. The highest BCUT2D eigenvalue weighted by atomic mass is 19.4. The van der Waals surface area contributed by atoms with Gasteiger partial charge in [0.25, 0.3) is 11.5 Å². The number of hydrogen-bond acceptors (Lipinski definition) is 5. The molecule has 8 nitrogen and oxygen atoms in total. The van der Waals surface area contributed by atoms with Gasteiger partial charge in [0.2, 0.25) is 0 Å². The molecule has 0 spiro atoms. The third-order valence-corrected chi connectivity index (χ3v) is 3.12. The van der Waals surface area contributed by atoms with Gasteiger partial charge in [-0.2, -0.15) is 13.2 Å². The minimum absolute atomic E-state index is 0.00648. The van der Waals surface area contributed by atoms with Crippen LogP contribution < -0.4 is 16.6 Å². The number of nitrogens with two attached hydrogens (primary N) is 1. The normalized spacial score (nSPS) is 12.0. The van der Waals surface area contributed by atoms with E-state index in [2.05, 4.69) is 15.3 Å². The summed E-state index contributed by atoms with van der Waals surface area (Å²) in [7, 11) is 0. The van der Waals surface area contributed by atoms with Crippen molar-refractivity contribution in [2.45, 2.75) is 25.6 Å². The average molecular weight is 374 g/mol. The lowest BCUT2D eigenvalue weighted by Crippen LogP contribution is -2.38. The molecule has 0 saturated carbocycles. The molecule has 1 amide bonds. The fourth-order valence-electron chi connectivity index (χ4n) is 1.65. The summed E-state index contributed by atoms with van der Waals surface area (Å²) in [6.45, 7) is 2.29. The highest BCUT2D eigenvalue weighted by molar-refractivity contribution is 5.92. The number of hydrogen-bond donors (Lipinski definition) is 4. The van der Waals surface area contributed by atoms with Gasteiger partial charge >= 0.3 is 12.1 Å². The van der Waals surface area contributed by atoms with Crippen LogP contribution in [-0.4, -0.2) is 45.7 Å². The van der Waals surface area contributed by atoms with E-state index in [0.29, 0.717) is 17.4 Å². The number of nitrogens with one attached hydrogen (secondary N) is 2. The number of H-pyrrole nitrogens is 1. The SMILES string of the molecule is CC[C@@H](N)CNC(=O)c1nc2ccccc2c(=O)[nH]1.O=C(O)C(F)(F)F. The molecule has 0 fully saturated rings. The molecule has 142 valence electrons. The molecule has 1 aromatic carbocycles. The Hall–Kier alpha value is -2.95. The molecule has 1 aromatic heterocycles. The highest BCUT2D eigenvalue weighted by Crippen LogP contribution is 2.13. The quantitative estimate of drug-likeness (QED) is 0.630. The third kappa shape index (κ3) is 6.16. The molecular formula is C15H17F3N4O4. The number of nitrogens with zero attached hydrogens (tertiary/aromatic N) is 1. The lowest BCUT2D eigenvalue weighted by molar-refractivity contribution is -0.192. The van der Waals surface area contributed by atoms with Gasteiger partial charge in [-0.1, -0.05) is 19.1 Å². The zero-order chi connectivity index (χ0) is 19.9. The highest BCUT2D eigenvalue weighted by Gasteiger charge is 2.38. The zero-order valence-corrected chi connectivity index (χ0v) is 13.6. The number of amides is 1. The summed E-state index contributed by atoms with van der Waals surface area (Å²) < 4.78 is 31.7. The van der Waals surface area contributed by atoms with Crippen molar-refractivity contribution >= 4 is 22.8 Å². The van der Waals surface area contributed by atoms with Crippen LogP contribution in [0.4, 0.5) is 13.2 Å². The Bertz CT molecular complexity index is 835. The van der Waals surface area contributed by atoms with Gasteiger partial charge < -0.3 is 21.1 Å². The van der Waals surface area contributed by atoms with Crippen molar-refractivity contribution in [3.05, 3.63) is 40.4 Å². The first-order valence-corrected chi connectivity index (χ1v) is 7.39. The molecule has 0 aliphatic heterocycles. The van der Waals surface area contributed by atoms with Gasteiger partial charge in [0.15, 0.2) is 5.82 Å². The van der Waals surface area contributed by atoms with Crippen molar-refractivity contribution in [3.63, 3.8) is 0 Å². The third-order valence-electron chi connectivity index (χ3n) is 3.12. The fraction of sp³-hybridized carbons (Fsp3) is 0.333. The Morgan fingerprint density at radius 1 is 1.35 bits per heavy atom. The summed E-state index contributed by atoms with van der Waals surface area (Å²) in [5, 5.41) is 10.2. The molecule has 0 unspecified atom stereocenters. The minimum Gasteiger partial charge on any atom is -0.475 e. The summed E-state index contributed by atoms with van der Waals surface area (Å²) >= 11 is 0. The van der Waals surface area contributed by atoms with Crippen LogP contribution in [0.1, 0.15) is 24.0 Å². The Kier molecular flexibility index (Phi) is 7.26. The van der Waals surface area contributed by atoms with Crippen LogP contribution in [0, 0.1) is 0 Å². The number of carboxylic acid groups (broad SMARTS) is 1.